The first kappa shape index (κ1) is 15.2. The fraction of sp³-hybridized carbons (Fsp3) is 0.267. The fourth-order valence-corrected chi connectivity index (χ4v) is 1.83. The Kier molecular flexibility index (Phi) is 4.70. The first-order valence-corrected chi connectivity index (χ1v) is 6.51. The van der Waals surface area contributed by atoms with Gasteiger partial charge in [-0.1, -0.05) is 6.07 Å². The van der Waals surface area contributed by atoms with Crippen LogP contribution in [-0.4, -0.2) is 12.5 Å². The minimum atomic E-state index is -0.807. The molecule has 1 heterocycles. The van der Waals surface area contributed by atoms with Gasteiger partial charge in [0.1, 0.15) is 28.8 Å². The molecule has 0 saturated carbocycles. The molecule has 0 aliphatic carbocycles. The Hall–Kier alpha value is -2.21. The molecule has 2 N–H and O–H groups in total. The number of hydrogen-bond acceptors (Lipinski definition) is 3. The van der Waals surface area contributed by atoms with Gasteiger partial charge in [-0.05, 0) is 38.1 Å². The summed E-state index contributed by atoms with van der Waals surface area (Å²) >= 11 is 0. The summed E-state index contributed by atoms with van der Waals surface area (Å²) in [5, 5.41) is 5.13. The van der Waals surface area contributed by atoms with Gasteiger partial charge in [0.25, 0.3) is 0 Å². The number of carbonyl (C=O) groups excluding carboxylic acids is 1. The zero-order valence-electron chi connectivity index (χ0n) is 11.7. The van der Waals surface area contributed by atoms with Gasteiger partial charge in [-0.15, -0.1) is 0 Å². The lowest BCUT2D eigenvalue weighted by Crippen LogP contribution is -2.30. The number of furan rings is 1. The summed E-state index contributed by atoms with van der Waals surface area (Å²) in [6.07, 6.45) is 0. The van der Waals surface area contributed by atoms with Crippen molar-refractivity contribution in [3.05, 3.63) is 53.5 Å². The maximum Gasteiger partial charge on any atom is 0.238 e. The molecule has 1 amide bonds. The Bertz CT molecular complexity index is 620. The first-order chi connectivity index (χ1) is 9.97. The quantitative estimate of drug-likeness (QED) is 0.890. The molecule has 0 aliphatic rings. The van der Waals surface area contributed by atoms with Crippen molar-refractivity contribution < 1.29 is 18.0 Å². The van der Waals surface area contributed by atoms with E-state index in [1.807, 2.05) is 19.9 Å². The monoisotopic (exact) mass is 294 g/mol. The molecule has 112 valence electrons. The summed E-state index contributed by atoms with van der Waals surface area (Å²) < 4.78 is 32.2. The first-order valence-electron chi connectivity index (χ1n) is 6.51. The number of carbonyl (C=O) groups is 1. The van der Waals surface area contributed by atoms with Crippen LogP contribution in [0.4, 0.5) is 14.5 Å². The number of rotatable bonds is 5. The van der Waals surface area contributed by atoms with Crippen LogP contribution in [0, 0.1) is 18.6 Å². The molecule has 1 aromatic heterocycles. The molecule has 2 aromatic rings. The van der Waals surface area contributed by atoms with Crippen LogP contribution < -0.4 is 10.6 Å². The van der Waals surface area contributed by atoms with Crippen LogP contribution in [0.5, 0.6) is 0 Å². The van der Waals surface area contributed by atoms with Crippen molar-refractivity contribution in [1.29, 1.82) is 0 Å². The fourth-order valence-electron chi connectivity index (χ4n) is 1.83. The Morgan fingerprint density at radius 3 is 2.48 bits per heavy atom. The molecule has 4 nitrogen and oxygen atoms in total. The highest BCUT2D eigenvalue weighted by Crippen LogP contribution is 2.18. The molecular formula is C15H16F2N2O2. The molecule has 0 aliphatic heterocycles. The van der Waals surface area contributed by atoms with E-state index in [2.05, 4.69) is 10.6 Å². The second kappa shape index (κ2) is 6.49. The third-order valence-electron chi connectivity index (χ3n) is 2.98. The molecule has 2 rings (SSSR count). The molecule has 21 heavy (non-hydrogen) atoms. The second-order valence-corrected chi connectivity index (χ2v) is 4.70. The van der Waals surface area contributed by atoms with Crippen molar-refractivity contribution in [3.8, 4) is 0 Å². The van der Waals surface area contributed by atoms with Crippen molar-refractivity contribution >= 4 is 11.6 Å². The molecule has 0 saturated heterocycles. The zero-order valence-corrected chi connectivity index (χ0v) is 11.7. The summed E-state index contributed by atoms with van der Waals surface area (Å²) in [4.78, 5) is 11.7. The number of hydrogen-bond donors (Lipinski definition) is 2. The number of anilines is 1. The largest absolute Gasteiger partial charge is 0.465 e. The summed E-state index contributed by atoms with van der Waals surface area (Å²) in [5.41, 5.74) is -0.439. The molecule has 6 heteroatoms. The summed E-state index contributed by atoms with van der Waals surface area (Å²) in [7, 11) is 0. The summed E-state index contributed by atoms with van der Waals surface area (Å²) in [6.45, 7) is 3.56. The third-order valence-corrected chi connectivity index (χ3v) is 2.98. The Morgan fingerprint density at radius 2 is 1.90 bits per heavy atom. The Morgan fingerprint density at radius 1 is 1.24 bits per heavy atom. The van der Waals surface area contributed by atoms with Crippen LogP contribution in [0.1, 0.15) is 24.5 Å². The third kappa shape index (κ3) is 3.88. The van der Waals surface area contributed by atoms with Crippen molar-refractivity contribution in [2.75, 3.05) is 11.9 Å². The van der Waals surface area contributed by atoms with Gasteiger partial charge >= 0.3 is 0 Å². The van der Waals surface area contributed by atoms with E-state index in [0.29, 0.717) is 5.76 Å². The van der Waals surface area contributed by atoms with E-state index in [1.54, 1.807) is 6.07 Å². The minimum Gasteiger partial charge on any atom is -0.465 e. The Labute approximate surface area is 121 Å². The molecular weight excluding hydrogens is 278 g/mol. The number of halogens is 2. The highest BCUT2D eigenvalue weighted by atomic mass is 19.1. The minimum absolute atomic E-state index is 0.0886. The van der Waals surface area contributed by atoms with Gasteiger partial charge in [0.05, 0.1) is 12.6 Å². The summed E-state index contributed by atoms with van der Waals surface area (Å²) in [6, 6.07) is 6.85. The average molecular weight is 294 g/mol. The number of amides is 1. The van der Waals surface area contributed by atoms with Crippen LogP contribution in [0.15, 0.2) is 34.7 Å². The van der Waals surface area contributed by atoms with E-state index >= 15 is 0 Å². The average Bonchev–Trinajstić information content (AvgIpc) is 2.87. The van der Waals surface area contributed by atoms with Crippen molar-refractivity contribution in [2.45, 2.75) is 19.9 Å². The van der Waals surface area contributed by atoms with E-state index in [4.69, 9.17) is 4.42 Å². The number of benzene rings is 1. The van der Waals surface area contributed by atoms with Crippen molar-refractivity contribution in [3.63, 3.8) is 0 Å². The molecule has 0 spiro atoms. The van der Waals surface area contributed by atoms with Gasteiger partial charge in [-0.3, -0.25) is 10.1 Å². The smallest absolute Gasteiger partial charge is 0.238 e. The lowest BCUT2D eigenvalue weighted by molar-refractivity contribution is -0.115. The van der Waals surface area contributed by atoms with E-state index in [9.17, 15) is 13.6 Å². The van der Waals surface area contributed by atoms with E-state index in [0.717, 1.165) is 17.9 Å². The van der Waals surface area contributed by atoms with E-state index < -0.39 is 23.2 Å². The molecule has 0 radical (unpaired) electrons. The van der Waals surface area contributed by atoms with Gasteiger partial charge in [-0.2, -0.15) is 0 Å². The van der Waals surface area contributed by atoms with Crippen LogP contribution in [0.25, 0.3) is 0 Å². The van der Waals surface area contributed by atoms with E-state index in [-0.39, 0.29) is 12.6 Å². The number of nitrogens with one attached hydrogen (secondary N) is 2. The van der Waals surface area contributed by atoms with E-state index in [1.165, 1.54) is 6.07 Å². The highest BCUT2D eigenvalue weighted by Gasteiger charge is 2.14. The van der Waals surface area contributed by atoms with Crippen LogP contribution in [-0.2, 0) is 4.79 Å². The van der Waals surface area contributed by atoms with Gasteiger partial charge < -0.3 is 9.73 Å². The molecule has 1 atom stereocenters. The Balaban J connectivity index is 1.90. The maximum atomic E-state index is 13.4. The van der Waals surface area contributed by atoms with Crippen molar-refractivity contribution in [2.24, 2.45) is 0 Å². The normalized spacial score (nSPS) is 12.2. The van der Waals surface area contributed by atoms with Crippen molar-refractivity contribution in [1.82, 2.24) is 5.32 Å². The zero-order chi connectivity index (χ0) is 15.4. The second-order valence-electron chi connectivity index (χ2n) is 4.70. The number of aryl methyl sites for hydroxylation is 1. The molecule has 0 bridgehead atoms. The molecule has 1 aromatic carbocycles. The predicted octanol–water partition coefficient (Wildman–Crippen LogP) is 3.16. The lowest BCUT2D eigenvalue weighted by Gasteiger charge is -2.12. The van der Waals surface area contributed by atoms with Gasteiger partial charge in [0.15, 0.2) is 0 Å². The predicted molar refractivity (Wildman–Crippen MR) is 74.9 cm³/mol. The summed E-state index contributed by atoms with van der Waals surface area (Å²) in [5.74, 6) is -0.681. The van der Waals surface area contributed by atoms with Gasteiger partial charge in [0.2, 0.25) is 5.91 Å². The molecule has 0 fully saturated rings. The standard InChI is InChI=1S/C15H16F2N2O2/c1-9-6-7-13(21-9)10(2)18-8-14(20)19-15-11(16)4-3-5-12(15)17/h3-7,10,18H,8H2,1-2H3,(H,19,20). The van der Waals surface area contributed by atoms with Crippen LogP contribution >= 0.6 is 0 Å². The topological polar surface area (TPSA) is 54.3 Å². The highest BCUT2D eigenvalue weighted by molar-refractivity contribution is 5.92. The lowest BCUT2D eigenvalue weighted by atomic mass is 10.2. The van der Waals surface area contributed by atoms with Gasteiger partial charge in [-0.25, -0.2) is 8.78 Å². The number of para-hydroxylation sites is 1. The molecule has 1 unspecified atom stereocenters. The van der Waals surface area contributed by atoms with Crippen LogP contribution in [0.3, 0.4) is 0 Å². The SMILES string of the molecule is Cc1ccc(C(C)NCC(=O)Nc2c(F)cccc2F)o1. The maximum absolute atomic E-state index is 13.4. The van der Waals surface area contributed by atoms with Gasteiger partial charge in [0, 0.05) is 0 Å². The van der Waals surface area contributed by atoms with Crippen LogP contribution in [0.2, 0.25) is 0 Å².